The molecular formula is C12H6F9N3. The van der Waals surface area contributed by atoms with Crippen molar-refractivity contribution in [3.05, 3.63) is 35.9 Å². The number of hydrogen-bond donors (Lipinski definition) is 1. The van der Waals surface area contributed by atoms with Crippen molar-refractivity contribution in [3.63, 3.8) is 0 Å². The minimum Gasteiger partial charge on any atom is -0.317 e. The third kappa shape index (κ3) is 3.17. The predicted molar refractivity (Wildman–Crippen MR) is 64.3 cm³/mol. The lowest BCUT2D eigenvalue weighted by Crippen LogP contribution is -2.55. The van der Waals surface area contributed by atoms with Crippen molar-refractivity contribution in [1.82, 2.24) is 5.32 Å². The second kappa shape index (κ2) is 5.38. The highest BCUT2D eigenvalue weighted by atomic mass is 19.4. The molecule has 1 heterocycles. The van der Waals surface area contributed by atoms with Gasteiger partial charge in [-0.1, -0.05) is 30.3 Å². The largest absolute Gasteiger partial charge is 0.449 e. The zero-order valence-corrected chi connectivity index (χ0v) is 11.2. The fourth-order valence-corrected chi connectivity index (χ4v) is 1.88. The second-order valence-corrected chi connectivity index (χ2v) is 4.58. The van der Waals surface area contributed by atoms with E-state index < -0.39 is 41.4 Å². The number of halogens is 9. The molecule has 1 aliphatic heterocycles. The number of alkyl halides is 9. The molecule has 0 amide bonds. The Kier molecular flexibility index (Phi) is 4.05. The van der Waals surface area contributed by atoms with Crippen LogP contribution in [0.4, 0.5) is 39.5 Å². The molecule has 0 spiro atoms. The molecule has 132 valence electrons. The zero-order valence-electron chi connectivity index (χ0n) is 11.2. The van der Waals surface area contributed by atoms with E-state index in [9.17, 15) is 39.5 Å². The van der Waals surface area contributed by atoms with Gasteiger partial charge < -0.3 is 5.32 Å². The minimum absolute atomic E-state index is 0.688. The van der Waals surface area contributed by atoms with Crippen LogP contribution in [0, 0.1) is 0 Å². The number of benzene rings is 1. The van der Waals surface area contributed by atoms with Crippen LogP contribution < -0.4 is 5.32 Å². The van der Waals surface area contributed by atoms with E-state index in [-0.39, 0.29) is 0 Å². The Bertz CT molecular complexity index is 638. The molecule has 0 bridgehead atoms. The number of aliphatic imine (C=N–C) groups is 2. The van der Waals surface area contributed by atoms with Gasteiger partial charge in [0.05, 0.1) is 0 Å². The summed E-state index contributed by atoms with van der Waals surface area (Å²) in [5.41, 5.74) is -5.04. The van der Waals surface area contributed by atoms with Gasteiger partial charge >= 0.3 is 18.5 Å². The first-order valence-corrected chi connectivity index (χ1v) is 6.01. The summed E-state index contributed by atoms with van der Waals surface area (Å²) in [6, 6.07) is 4.63. The number of hydrogen-bond acceptors (Lipinski definition) is 3. The van der Waals surface area contributed by atoms with E-state index in [0.717, 1.165) is 17.4 Å². The third-order valence-electron chi connectivity index (χ3n) is 2.89. The van der Waals surface area contributed by atoms with Crippen molar-refractivity contribution in [2.75, 3.05) is 0 Å². The van der Waals surface area contributed by atoms with E-state index in [4.69, 9.17) is 0 Å². The van der Waals surface area contributed by atoms with Crippen LogP contribution in [0.3, 0.4) is 0 Å². The summed E-state index contributed by atoms with van der Waals surface area (Å²) in [7, 11) is 0. The summed E-state index contributed by atoms with van der Waals surface area (Å²) in [4.78, 5) is 4.92. The van der Waals surface area contributed by atoms with E-state index in [1.807, 2.05) is 0 Å². The van der Waals surface area contributed by atoms with Crippen molar-refractivity contribution in [3.8, 4) is 0 Å². The molecule has 24 heavy (non-hydrogen) atoms. The van der Waals surface area contributed by atoms with Gasteiger partial charge in [0.15, 0.2) is 0 Å². The molecular weight excluding hydrogens is 357 g/mol. The summed E-state index contributed by atoms with van der Waals surface area (Å²) in [5.74, 6) is -4.88. The van der Waals surface area contributed by atoms with Crippen LogP contribution in [0.15, 0.2) is 40.3 Å². The topological polar surface area (TPSA) is 36.8 Å². The van der Waals surface area contributed by atoms with Crippen LogP contribution in [0.1, 0.15) is 5.56 Å². The smallest absolute Gasteiger partial charge is 0.317 e. The maximum absolute atomic E-state index is 13.4. The monoisotopic (exact) mass is 363 g/mol. The Morgan fingerprint density at radius 2 is 1.12 bits per heavy atom. The SMILES string of the molecule is FC(F)(F)C1=NC(c2ccccc2)(C(F)(F)F)N=C(C(F)(F)F)N1. The fourth-order valence-electron chi connectivity index (χ4n) is 1.88. The van der Waals surface area contributed by atoms with Crippen LogP contribution in [-0.4, -0.2) is 30.2 Å². The summed E-state index contributed by atoms with van der Waals surface area (Å²) < 4.78 is 117. The van der Waals surface area contributed by atoms with Crippen molar-refractivity contribution >= 4 is 11.7 Å². The van der Waals surface area contributed by atoms with Crippen molar-refractivity contribution in [2.24, 2.45) is 9.98 Å². The highest BCUT2D eigenvalue weighted by molar-refractivity contribution is 6.07. The summed E-state index contributed by atoms with van der Waals surface area (Å²) >= 11 is 0. The lowest BCUT2D eigenvalue weighted by atomic mass is 9.99. The second-order valence-electron chi connectivity index (χ2n) is 4.58. The molecule has 12 heteroatoms. The molecule has 0 saturated heterocycles. The number of amidine groups is 2. The molecule has 1 N–H and O–H groups in total. The minimum atomic E-state index is -5.65. The Morgan fingerprint density at radius 3 is 1.46 bits per heavy atom. The zero-order chi connectivity index (χ0) is 18.4. The summed E-state index contributed by atoms with van der Waals surface area (Å²) in [5, 5.41) is 0.780. The van der Waals surface area contributed by atoms with Crippen molar-refractivity contribution < 1.29 is 39.5 Å². The van der Waals surface area contributed by atoms with E-state index in [0.29, 0.717) is 12.1 Å². The Morgan fingerprint density at radius 1 is 0.708 bits per heavy atom. The van der Waals surface area contributed by atoms with Crippen LogP contribution in [-0.2, 0) is 5.66 Å². The van der Waals surface area contributed by atoms with E-state index in [1.165, 1.54) is 6.07 Å². The van der Waals surface area contributed by atoms with Crippen LogP contribution in [0.5, 0.6) is 0 Å². The van der Waals surface area contributed by atoms with Gasteiger partial charge in [-0.2, -0.15) is 39.5 Å². The maximum atomic E-state index is 13.4. The Balaban J connectivity index is 2.81. The number of rotatable bonds is 1. The Labute approximate surface area is 127 Å². The molecule has 0 radical (unpaired) electrons. The average molecular weight is 363 g/mol. The number of nitrogens with zero attached hydrogens (tertiary/aromatic N) is 2. The van der Waals surface area contributed by atoms with E-state index >= 15 is 0 Å². The first-order valence-electron chi connectivity index (χ1n) is 6.01. The van der Waals surface area contributed by atoms with Crippen molar-refractivity contribution in [2.45, 2.75) is 24.2 Å². The van der Waals surface area contributed by atoms with Gasteiger partial charge in [-0.15, -0.1) is 0 Å². The normalized spacial score (nSPS) is 18.5. The molecule has 0 fully saturated rings. The molecule has 3 nitrogen and oxygen atoms in total. The van der Waals surface area contributed by atoms with Gasteiger partial charge in [0, 0.05) is 5.56 Å². The van der Waals surface area contributed by atoms with Gasteiger partial charge in [0.25, 0.3) is 5.66 Å². The first kappa shape index (κ1) is 18.1. The first-order chi connectivity index (χ1) is 10.8. The summed E-state index contributed by atoms with van der Waals surface area (Å²) in [6.07, 6.45) is -16.8. The summed E-state index contributed by atoms with van der Waals surface area (Å²) in [6.45, 7) is 0. The highest BCUT2D eigenvalue weighted by Gasteiger charge is 2.62. The molecule has 1 aromatic carbocycles. The van der Waals surface area contributed by atoms with Gasteiger partial charge in [-0.3, -0.25) is 0 Å². The molecule has 0 aromatic heterocycles. The van der Waals surface area contributed by atoms with Crippen molar-refractivity contribution in [1.29, 1.82) is 0 Å². The lowest BCUT2D eigenvalue weighted by Gasteiger charge is -2.34. The van der Waals surface area contributed by atoms with Gasteiger partial charge in [0.2, 0.25) is 11.7 Å². The highest BCUT2D eigenvalue weighted by Crippen LogP contribution is 2.46. The maximum Gasteiger partial charge on any atom is 0.449 e. The van der Waals surface area contributed by atoms with E-state index in [1.54, 1.807) is 0 Å². The molecule has 0 unspecified atom stereocenters. The van der Waals surface area contributed by atoms with Gasteiger partial charge in [0.1, 0.15) is 0 Å². The van der Waals surface area contributed by atoms with Crippen LogP contribution in [0.25, 0.3) is 0 Å². The molecule has 0 aliphatic carbocycles. The third-order valence-corrected chi connectivity index (χ3v) is 2.89. The quantitative estimate of drug-likeness (QED) is 0.755. The Hall–Kier alpha value is -2.27. The standard InChI is InChI=1S/C12H6F9N3/c13-10(14,15)7-22-8(11(16,17)18)24-9(23-7,12(19,20)21)6-4-2-1-3-5-6/h1-5H,(H,22,23,24). The average Bonchev–Trinajstić information content (AvgIpc) is 2.44. The predicted octanol–water partition coefficient (Wildman–Crippen LogP) is 3.93. The van der Waals surface area contributed by atoms with Gasteiger partial charge in [-0.05, 0) is 0 Å². The van der Waals surface area contributed by atoms with E-state index in [2.05, 4.69) is 9.98 Å². The lowest BCUT2D eigenvalue weighted by molar-refractivity contribution is -0.188. The fraction of sp³-hybridized carbons (Fsp3) is 0.333. The number of nitrogens with one attached hydrogen (secondary N) is 1. The molecule has 0 saturated carbocycles. The molecule has 2 rings (SSSR count). The van der Waals surface area contributed by atoms with Crippen LogP contribution >= 0.6 is 0 Å². The molecule has 1 aromatic rings. The molecule has 0 atom stereocenters. The molecule has 1 aliphatic rings. The van der Waals surface area contributed by atoms with Gasteiger partial charge in [-0.25, -0.2) is 9.98 Å². The van der Waals surface area contributed by atoms with Crippen LogP contribution in [0.2, 0.25) is 0 Å².